The number of carbonyl (C=O) groups is 1. The lowest BCUT2D eigenvalue weighted by atomic mass is 10.2. The largest absolute Gasteiger partial charge is 0.406 e. The van der Waals surface area contributed by atoms with Crippen LogP contribution in [0.25, 0.3) is 0 Å². The molecule has 0 unspecified atom stereocenters. The van der Waals surface area contributed by atoms with E-state index in [9.17, 15) is 22.4 Å². The summed E-state index contributed by atoms with van der Waals surface area (Å²) in [6, 6.07) is 6.29. The molecule has 0 atom stereocenters. The molecule has 0 aliphatic heterocycles. The van der Waals surface area contributed by atoms with Crippen molar-refractivity contribution in [2.24, 2.45) is 0 Å². The summed E-state index contributed by atoms with van der Waals surface area (Å²) >= 11 is 1.33. The van der Waals surface area contributed by atoms with Crippen molar-refractivity contribution in [3.63, 3.8) is 0 Å². The molecule has 2 aromatic rings. The van der Waals surface area contributed by atoms with Crippen LogP contribution in [0, 0.1) is 5.82 Å². The van der Waals surface area contributed by atoms with Crippen LogP contribution in [0.2, 0.25) is 0 Å². The number of carbonyl (C=O) groups excluding carboxylic acids is 1. The molecule has 21 heavy (non-hydrogen) atoms. The lowest BCUT2D eigenvalue weighted by molar-refractivity contribution is -0.141. The van der Waals surface area contributed by atoms with Gasteiger partial charge in [0.15, 0.2) is 0 Å². The fourth-order valence-electron chi connectivity index (χ4n) is 1.82. The second kappa shape index (κ2) is 6.26. The first-order chi connectivity index (χ1) is 9.85. The Morgan fingerprint density at radius 3 is 2.57 bits per heavy atom. The molecule has 2 rings (SSSR count). The third-order valence-corrected chi connectivity index (χ3v) is 3.41. The number of amides is 1. The topological polar surface area (TPSA) is 20.3 Å². The highest BCUT2D eigenvalue weighted by Crippen LogP contribution is 2.21. The van der Waals surface area contributed by atoms with E-state index in [2.05, 4.69) is 0 Å². The maximum atomic E-state index is 13.1. The van der Waals surface area contributed by atoms with Gasteiger partial charge in [0, 0.05) is 12.1 Å². The van der Waals surface area contributed by atoms with E-state index in [1.807, 2.05) is 0 Å². The Morgan fingerprint density at radius 2 is 2.00 bits per heavy atom. The molecule has 0 aliphatic rings. The van der Waals surface area contributed by atoms with Gasteiger partial charge in [0.25, 0.3) is 5.91 Å². The zero-order chi connectivity index (χ0) is 15.5. The third kappa shape index (κ3) is 4.56. The van der Waals surface area contributed by atoms with Crippen molar-refractivity contribution < 1.29 is 22.4 Å². The van der Waals surface area contributed by atoms with E-state index in [0.717, 1.165) is 12.1 Å². The van der Waals surface area contributed by atoms with Gasteiger partial charge in [-0.1, -0.05) is 6.07 Å². The minimum Gasteiger partial charge on any atom is -0.325 e. The minimum atomic E-state index is -4.51. The number of hydrogen-bond donors (Lipinski definition) is 0. The summed E-state index contributed by atoms with van der Waals surface area (Å²) < 4.78 is 51.0. The van der Waals surface area contributed by atoms with Gasteiger partial charge in [0.2, 0.25) is 0 Å². The molecule has 1 heterocycles. The van der Waals surface area contributed by atoms with Crippen LogP contribution < -0.4 is 0 Å². The molecule has 1 aromatic carbocycles. The summed E-state index contributed by atoms with van der Waals surface area (Å²) in [7, 11) is 0. The molecule has 0 saturated carbocycles. The summed E-state index contributed by atoms with van der Waals surface area (Å²) in [5.74, 6) is -1.51. The Hall–Kier alpha value is -1.89. The Balaban J connectivity index is 2.23. The van der Waals surface area contributed by atoms with E-state index < -0.39 is 24.4 Å². The standard InChI is InChI=1S/C14H11F4NOS/c15-12-3-1-2-11(6-12)13(20)19(9-14(16,17)18)7-10-4-5-21-8-10/h1-6,8H,7,9H2. The first-order valence-corrected chi connectivity index (χ1v) is 6.92. The van der Waals surface area contributed by atoms with Crippen molar-refractivity contribution in [3.05, 3.63) is 58.0 Å². The molecule has 0 aliphatic carbocycles. The highest BCUT2D eigenvalue weighted by Gasteiger charge is 2.33. The van der Waals surface area contributed by atoms with Gasteiger partial charge in [-0.05, 0) is 40.6 Å². The van der Waals surface area contributed by atoms with E-state index in [-0.39, 0.29) is 12.1 Å². The van der Waals surface area contributed by atoms with Crippen LogP contribution in [-0.2, 0) is 6.54 Å². The van der Waals surface area contributed by atoms with Crippen molar-refractivity contribution in [3.8, 4) is 0 Å². The number of thiophene rings is 1. The van der Waals surface area contributed by atoms with Gasteiger partial charge in [-0.15, -0.1) is 0 Å². The van der Waals surface area contributed by atoms with Crippen LogP contribution in [0.3, 0.4) is 0 Å². The summed E-state index contributed by atoms with van der Waals surface area (Å²) in [5, 5.41) is 3.38. The molecule has 0 radical (unpaired) electrons. The summed E-state index contributed by atoms with van der Waals surface area (Å²) in [6.07, 6.45) is -4.51. The Kier molecular flexibility index (Phi) is 4.62. The smallest absolute Gasteiger partial charge is 0.325 e. The lowest BCUT2D eigenvalue weighted by Gasteiger charge is -2.23. The predicted molar refractivity (Wildman–Crippen MR) is 71.5 cm³/mol. The van der Waals surface area contributed by atoms with Gasteiger partial charge in [-0.3, -0.25) is 4.79 Å². The van der Waals surface area contributed by atoms with Crippen molar-refractivity contribution >= 4 is 17.2 Å². The average Bonchev–Trinajstić information content (AvgIpc) is 2.88. The Labute approximate surface area is 122 Å². The van der Waals surface area contributed by atoms with Gasteiger partial charge < -0.3 is 4.90 Å². The summed E-state index contributed by atoms with van der Waals surface area (Å²) in [6.45, 7) is -1.55. The van der Waals surface area contributed by atoms with Crippen LogP contribution >= 0.6 is 11.3 Å². The van der Waals surface area contributed by atoms with Gasteiger partial charge in [0.1, 0.15) is 12.4 Å². The summed E-state index contributed by atoms with van der Waals surface area (Å²) in [5.41, 5.74) is 0.503. The average molecular weight is 317 g/mol. The molecule has 1 amide bonds. The molecule has 0 bridgehead atoms. The van der Waals surface area contributed by atoms with E-state index in [4.69, 9.17) is 0 Å². The maximum absolute atomic E-state index is 13.1. The number of hydrogen-bond acceptors (Lipinski definition) is 2. The third-order valence-electron chi connectivity index (χ3n) is 2.68. The SMILES string of the molecule is O=C(c1cccc(F)c1)N(Cc1ccsc1)CC(F)(F)F. The quantitative estimate of drug-likeness (QED) is 0.778. The monoisotopic (exact) mass is 317 g/mol. The first kappa shape index (κ1) is 15.5. The molecule has 0 N–H and O–H groups in total. The highest BCUT2D eigenvalue weighted by atomic mass is 32.1. The molecule has 7 heteroatoms. The first-order valence-electron chi connectivity index (χ1n) is 5.98. The zero-order valence-electron chi connectivity index (χ0n) is 10.7. The van der Waals surface area contributed by atoms with Crippen LogP contribution in [-0.4, -0.2) is 23.5 Å². The molecule has 112 valence electrons. The van der Waals surface area contributed by atoms with Crippen LogP contribution in [0.15, 0.2) is 41.1 Å². The van der Waals surface area contributed by atoms with E-state index in [0.29, 0.717) is 10.5 Å². The van der Waals surface area contributed by atoms with Crippen LogP contribution in [0.1, 0.15) is 15.9 Å². The van der Waals surface area contributed by atoms with Crippen molar-refractivity contribution in [2.75, 3.05) is 6.54 Å². The predicted octanol–water partition coefficient (Wildman–Crippen LogP) is 4.09. The second-order valence-corrected chi connectivity index (χ2v) is 5.20. The normalized spacial score (nSPS) is 11.4. The van der Waals surface area contributed by atoms with Gasteiger partial charge in [-0.25, -0.2) is 4.39 Å². The van der Waals surface area contributed by atoms with Crippen LogP contribution in [0.4, 0.5) is 17.6 Å². The lowest BCUT2D eigenvalue weighted by Crippen LogP contribution is -2.38. The summed E-state index contributed by atoms with van der Waals surface area (Å²) in [4.78, 5) is 12.8. The molecule has 2 nitrogen and oxygen atoms in total. The van der Waals surface area contributed by atoms with Crippen molar-refractivity contribution in [1.82, 2.24) is 4.90 Å². The minimum absolute atomic E-state index is 0.102. The fraction of sp³-hybridized carbons (Fsp3) is 0.214. The molecular weight excluding hydrogens is 306 g/mol. The molecule has 0 fully saturated rings. The van der Waals surface area contributed by atoms with E-state index in [1.54, 1.807) is 16.8 Å². The van der Waals surface area contributed by atoms with E-state index in [1.165, 1.54) is 23.5 Å². The molecule has 1 aromatic heterocycles. The van der Waals surface area contributed by atoms with Gasteiger partial charge in [0.05, 0.1) is 0 Å². The van der Waals surface area contributed by atoms with Gasteiger partial charge in [-0.2, -0.15) is 24.5 Å². The zero-order valence-corrected chi connectivity index (χ0v) is 11.5. The molecule has 0 spiro atoms. The van der Waals surface area contributed by atoms with Crippen molar-refractivity contribution in [1.29, 1.82) is 0 Å². The molecular formula is C14H11F4NOS. The number of halogens is 4. The number of alkyl halides is 3. The number of nitrogens with zero attached hydrogens (tertiary/aromatic N) is 1. The van der Waals surface area contributed by atoms with Gasteiger partial charge >= 0.3 is 6.18 Å². The maximum Gasteiger partial charge on any atom is 0.406 e. The van der Waals surface area contributed by atoms with Crippen LogP contribution in [0.5, 0.6) is 0 Å². The Bertz CT molecular complexity index is 610. The number of benzene rings is 1. The molecule has 0 saturated heterocycles. The van der Waals surface area contributed by atoms with Crippen molar-refractivity contribution in [2.45, 2.75) is 12.7 Å². The highest BCUT2D eigenvalue weighted by molar-refractivity contribution is 7.07. The second-order valence-electron chi connectivity index (χ2n) is 4.42. The number of rotatable bonds is 4. The fourth-order valence-corrected chi connectivity index (χ4v) is 2.48. The Morgan fingerprint density at radius 1 is 1.24 bits per heavy atom. The van der Waals surface area contributed by atoms with E-state index >= 15 is 0 Å².